The van der Waals surface area contributed by atoms with E-state index in [0.717, 1.165) is 36.8 Å². The summed E-state index contributed by atoms with van der Waals surface area (Å²) in [7, 11) is 0. The fraction of sp³-hybridized carbons (Fsp3) is 0.583. The lowest BCUT2D eigenvalue weighted by Crippen LogP contribution is -2.19. The first-order chi connectivity index (χ1) is 12.2. The van der Waals surface area contributed by atoms with Crippen molar-refractivity contribution in [2.45, 2.75) is 84.5 Å². The van der Waals surface area contributed by atoms with Gasteiger partial charge in [0.25, 0.3) is 0 Å². The minimum absolute atomic E-state index is 0.00139. The van der Waals surface area contributed by atoms with Gasteiger partial charge in [-0.05, 0) is 62.1 Å². The van der Waals surface area contributed by atoms with Crippen LogP contribution in [0.3, 0.4) is 0 Å². The fourth-order valence-corrected chi connectivity index (χ4v) is 4.22. The number of phenols is 2. The molecule has 1 aromatic rings. The molecule has 26 heavy (non-hydrogen) atoms. The third kappa shape index (κ3) is 4.52. The molecule has 2 nitrogen and oxygen atoms in total. The molecule has 0 bridgehead atoms. The van der Waals surface area contributed by atoms with Crippen molar-refractivity contribution < 1.29 is 10.2 Å². The van der Waals surface area contributed by atoms with Crippen LogP contribution in [0.15, 0.2) is 35.9 Å². The van der Waals surface area contributed by atoms with Crippen molar-refractivity contribution in [1.29, 1.82) is 0 Å². The number of rotatable bonds is 7. The standard InChI is InChI=1S/C24H36O2/c1-7-8-9-12-24(5,6)18-14-21(25)23(22(26)15-18)20-13-17(4)10-11-19(20)16(2)3/h13-15,19-20,25-26H,2,7-12H2,1,3-6H3/t19-,20+/m0/s1. The summed E-state index contributed by atoms with van der Waals surface area (Å²) in [6.45, 7) is 14.9. The van der Waals surface area contributed by atoms with E-state index in [1.165, 1.54) is 18.4 Å². The van der Waals surface area contributed by atoms with E-state index in [0.29, 0.717) is 5.56 Å². The quantitative estimate of drug-likeness (QED) is 0.409. The number of hydrogen-bond acceptors (Lipinski definition) is 2. The summed E-state index contributed by atoms with van der Waals surface area (Å²) in [5.41, 5.74) is 4.03. The van der Waals surface area contributed by atoms with Crippen LogP contribution in [0, 0.1) is 5.92 Å². The summed E-state index contributed by atoms with van der Waals surface area (Å²) < 4.78 is 0. The zero-order valence-corrected chi connectivity index (χ0v) is 17.2. The zero-order valence-electron chi connectivity index (χ0n) is 17.2. The van der Waals surface area contributed by atoms with Gasteiger partial charge in [-0.3, -0.25) is 0 Å². The van der Waals surface area contributed by atoms with Gasteiger partial charge < -0.3 is 10.2 Å². The Hall–Kier alpha value is -1.70. The van der Waals surface area contributed by atoms with Crippen LogP contribution in [0.1, 0.15) is 90.2 Å². The van der Waals surface area contributed by atoms with Gasteiger partial charge in [-0.15, -0.1) is 0 Å². The molecule has 2 N–H and O–H groups in total. The van der Waals surface area contributed by atoms with Crippen LogP contribution in [0.2, 0.25) is 0 Å². The molecule has 1 aromatic carbocycles. The van der Waals surface area contributed by atoms with E-state index >= 15 is 0 Å². The summed E-state index contributed by atoms with van der Waals surface area (Å²) in [6.07, 6.45) is 8.89. The van der Waals surface area contributed by atoms with Gasteiger partial charge in [0.2, 0.25) is 0 Å². The van der Waals surface area contributed by atoms with Gasteiger partial charge in [-0.2, -0.15) is 0 Å². The highest BCUT2D eigenvalue weighted by Crippen LogP contribution is 2.47. The van der Waals surface area contributed by atoms with Crippen molar-refractivity contribution >= 4 is 0 Å². The smallest absolute Gasteiger partial charge is 0.123 e. The largest absolute Gasteiger partial charge is 0.507 e. The monoisotopic (exact) mass is 356 g/mol. The third-order valence-electron chi connectivity index (χ3n) is 6.04. The van der Waals surface area contributed by atoms with E-state index in [2.05, 4.69) is 40.3 Å². The number of unbranched alkanes of at least 4 members (excludes halogenated alkanes) is 2. The average molecular weight is 357 g/mol. The molecule has 0 radical (unpaired) electrons. The maximum Gasteiger partial charge on any atom is 0.123 e. The highest BCUT2D eigenvalue weighted by Gasteiger charge is 2.31. The Bertz CT molecular complexity index is 658. The van der Waals surface area contributed by atoms with Gasteiger partial charge in [-0.1, -0.05) is 63.8 Å². The van der Waals surface area contributed by atoms with E-state index in [1.807, 2.05) is 19.1 Å². The molecule has 1 aliphatic carbocycles. The van der Waals surface area contributed by atoms with Crippen molar-refractivity contribution in [2.75, 3.05) is 0 Å². The lowest BCUT2D eigenvalue weighted by Gasteiger charge is -2.32. The minimum Gasteiger partial charge on any atom is -0.507 e. The van der Waals surface area contributed by atoms with Crippen LogP contribution >= 0.6 is 0 Å². The number of allylic oxidation sites excluding steroid dienone is 3. The fourth-order valence-electron chi connectivity index (χ4n) is 4.22. The second-order valence-electron chi connectivity index (χ2n) is 8.80. The summed E-state index contributed by atoms with van der Waals surface area (Å²) in [5, 5.41) is 21.7. The van der Waals surface area contributed by atoms with Crippen LogP contribution < -0.4 is 0 Å². The van der Waals surface area contributed by atoms with Crippen molar-refractivity contribution in [3.05, 3.63) is 47.1 Å². The molecular weight excluding hydrogens is 320 g/mol. The number of benzene rings is 1. The van der Waals surface area contributed by atoms with Crippen molar-refractivity contribution in [3.8, 4) is 11.5 Å². The molecule has 0 aliphatic heterocycles. The van der Waals surface area contributed by atoms with Gasteiger partial charge in [0.05, 0.1) is 0 Å². The molecule has 0 spiro atoms. The predicted molar refractivity (Wildman–Crippen MR) is 111 cm³/mol. The maximum atomic E-state index is 10.8. The van der Waals surface area contributed by atoms with E-state index < -0.39 is 0 Å². The van der Waals surface area contributed by atoms with Crippen LogP contribution in [0.4, 0.5) is 0 Å². The van der Waals surface area contributed by atoms with Gasteiger partial charge in [0, 0.05) is 11.5 Å². The predicted octanol–water partition coefficient (Wildman–Crippen LogP) is 6.97. The Balaban J connectivity index is 2.40. The molecule has 0 amide bonds. The maximum absolute atomic E-state index is 10.8. The van der Waals surface area contributed by atoms with Crippen LogP contribution in [-0.4, -0.2) is 10.2 Å². The summed E-state index contributed by atoms with van der Waals surface area (Å²) in [5.74, 6) is 0.689. The van der Waals surface area contributed by atoms with Gasteiger partial charge >= 0.3 is 0 Å². The Kier molecular flexibility index (Phi) is 6.60. The highest BCUT2D eigenvalue weighted by molar-refractivity contribution is 5.53. The van der Waals surface area contributed by atoms with Crippen molar-refractivity contribution in [2.24, 2.45) is 5.92 Å². The molecule has 0 heterocycles. The van der Waals surface area contributed by atoms with Crippen molar-refractivity contribution in [1.82, 2.24) is 0 Å². The average Bonchev–Trinajstić information content (AvgIpc) is 2.54. The third-order valence-corrected chi connectivity index (χ3v) is 6.04. The van der Waals surface area contributed by atoms with E-state index in [1.54, 1.807) is 0 Å². The van der Waals surface area contributed by atoms with Crippen LogP contribution in [-0.2, 0) is 5.41 Å². The lowest BCUT2D eigenvalue weighted by molar-refractivity contribution is 0.397. The SMILES string of the molecule is C=C(C)[C@@H]1CCC(C)=C[C@H]1c1c(O)cc(C(C)(C)CCCCC)cc1O. The number of phenolic OH excluding ortho intramolecular Hbond substituents is 2. The molecule has 0 saturated heterocycles. The first-order valence-corrected chi connectivity index (χ1v) is 10.1. The minimum atomic E-state index is -0.0608. The Labute approximate surface area is 159 Å². The Morgan fingerprint density at radius 3 is 2.35 bits per heavy atom. The molecule has 0 fully saturated rings. The van der Waals surface area contributed by atoms with Crippen molar-refractivity contribution in [3.63, 3.8) is 0 Å². The number of hydrogen-bond donors (Lipinski definition) is 2. The van der Waals surface area contributed by atoms with E-state index in [4.69, 9.17) is 0 Å². The molecule has 144 valence electrons. The van der Waals surface area contributed by atoms with E-state index in [9.17, 15) is 10.2 Å². The number of aromatic hydroxyl groups is 2. The molecule has 1 aliphatic rings. The van der Waals surface area contributed by atoms with Gasteiger partial charge in [0.15, 0.2) is 0 Å². The topological polar surface area (TPSA) is 40.5 Å². The lowest BCUT2D eigenvalue weighted by atomic mass is 9.72. The molecular formula is C24H36O2. The van der Waals surface area contributed by atoms with Crippen LogP contribution in [0.25, 0.3) is 0 Å². The molecule has 2 atom stereocenters. The molecule has 2 rings (SSSR count). The van der Waals surface area contributed by atoms with Gasteiger partial charge in [-0.25, -0.2) is 0 Å². The molecule has 0 unspecified atom stereocenters. The second-order valence-corrected chi connectivity index (χ2v) is 8.80. The Morgan fingerprint density at radius 1 is 1.19 bits per heavy atom. The van der Waals surface area contributed by atoms with E-state index in [-0.39, 0.29) is 28.7 Å². The molecule has 0 aromatic heterocycles. The first-order valence-electron chi connectivity index (χ1n) is 10.1. The summed E-state index contributed by atoms with van der Waals surface area (Å²) in [6, 6.07) is 3.74. The Morgan fingerprint density at radius 2 is 1.81 bits per heavy atom. The second kappa shape index (κ2) is 8.33. The molecule has 2 heteroatoms. The zero-order chi connectivity index (χ0) is 19.5. The molecule has 0 saturated carbocycles. The highest BCUT2D eigenvalue weighted by atomic mass is 16.3. The van der Waals surface area contributed by atoms with Crippen LogP contribution in [0.5, 0.6) is 11.5 Å². The summed E-state index contributed by atoms with van der Waals surface area (Å²) in [4.78, 5) is 0. The first kappa shape index (κ1) is 20.6. The normalized spacial score (nSPS) is 20.7. The summed E-state index contributed by atoms with van der Waals surface area (Å²) >= 11 is 0. The van der Waals surface area contributed by atoms with Gasteiger partial charge in [0.1, 0.15) is 11.5 Å².